The molecule has 0 amide bonds. The summed E-state index contributed by atoms with van der Waals surface area (Å²) in [5.74, 6) is 0. The summed E-state index contributed by atoms with van der Waals surface area (Å²) >= 11 is 0. The number of likely N-dealkylation sites (tertiary alicyclic amines) is 1. The van der Waals surface area contributed by atoms with Crippen LogP contribution in [0.15, 0.2) is 23.4 Å². The van der Waals surface area contributed by atoms with Gasteiger partial charge in [0.1, 0.15) is 0 Å². The number of nitrogens with zero attached hydrogens (tertiary/aromatic N) is 1. The molecule has 0 unspecified atom stereocenters. The summed E-state index contributed by atoms with van der Waals surface area (Å²) < 4.78 is 0. The van der Waals surface area contributed by atoms with Crippen molar-refractivity contribution >= 4 is 0 Å². The number of hydrogen-bond acceptors (Lipinski definition) is 2. The first-order valence-corrected chi connectivity index (χ1v) is 4.49. The van der Waals surface area contributed by atoms with Crippen molar-refractivity contribution in [2.24, 2.45) is 5.73 Å². The van der Waals surface area contributed by atoms with Crippen LogP contribution in [0, 0.1) is 0 Å². The lowest BCUT2D eigenvalue weighted by Crippen LogP contribution is -2.26. The first-order valence-electron chi connectivity index (χ1n) is 4.49. The van der Waals surface area contributed by atoms with Gasteiger partial charge in [-0.2, -0.15) is 0 Å². The van der Waals surface area contributed by atoms with Crippen molar-refractivity contribution in [3.8, 4) is 0 Å². The molecule has 1 aliphatic rings. The summed E-state index contributed by atoms with van der Waals surface area (Å²) in [5.41, 5.74) is 7.93. The van der Waals surface area contributed by atoms with Gasteiger partial charge in [0, 0.05) is 12.2 Å². The summed E-state index contributed by atoms with van der Waals surface area (Å²) in [6.45, 7) is 4.25. The zero-order valence-electron chi connectivity index (χ0n) is 8.01. The van der Waals surface area contributed by atoms with Gasteiger partial charge in [-0.15, -0.1) is 0 Å². The van der Waals surface area contributed by atoms with E-state index in [2.05, 4.69) is 18.0 Å². The number of nitrogens with two attached hydrogens (primary N) is 1. The normalized spacial score (nSPS) is 24.8. The molecule has 0 aromatic heterocycles. The molecule has 12 heavy (non-hydrogen) atoms. The molecule has 1 fully saturated rings. The van der Waals surface area contributed by atoms with Crippen molar-refractivity contribution in [2.45, 2.75) is 19.8 Å². The van der Waals surface area contributed by atoms with Crippen molar-refractivity contribution in [2.75, 3.05) is 20.1 Å². The molecule has 1 rings (SSSR count). The van der Waals surface area contributed by atoms with Gasteiger partial charge in [-0.05, 0) is 39.4 Å². The van der Waals surface area contributed by atoms with Crippen LogP contribution in [0.3, 0.4) is 0 Å². The van der Waals surface area contributed by atoms with Gasteiger partial charge in [-0.25, -0.2) is 0 Å². The Balaban J connectivity index is 2.51. The van der Waals surface area contributed by atoms with E-state index in [4.69, 9.17) is 5.73 Å². The Morgan fingerprint density at radius 2 is 2.33 bits per heavy atom. The first-order chi connectivity index (χ1) is 5.68. The highest BCUT2D eigenvalue weighted by atomic mass is 15.1. The monoisotopic (exact) mass is 166 g/mol. The maximum atomic E-state index is 5.55. The topological polar surface area (TPSA) is 29.3 Å². The highest BCUT2D eigenvalue weighted by Gasteiger charge is 2.08. The van der Waals surface area contributed by atoms with Crippen LogP contribution in [0.1, 0.15) is 19.8 Å². The lowest BCUT2D eigenvalue weighted by atomic mass is 10.1. The molecular formula is C10H18N2. The standard InChI is InChI=1S/C10H18N2/c1-9(11)5-6-10-4-3-7-12(2)8-10/h5-6H,3-4,7-8,11H2,1-2H3/b9-5-,10-6+. The zero-order chi connectivity index (χ0) is 8.97. The number of piperidine rings is 1. The van der Waals surface area contributed by atoms with Crippen molar-refractivity contribution in [3.05, 3.63) is 23.4 Å². The predicted molar refractivity (Wildman–Crippen MR) is 52.8 cm³/mol. The van der Waals surface area contributed by atoms with Gasteiger partial charge in [0.05, 0.1) is 0 Å². The lowest BCUT2D eigenvalue weighted by molar-refractivity contribution is 0.322. The van der Waals surface area contributed by atoms with E-state index in [1.165, 1.54) is 25.0 Å². The van der Waals surface area contributed by atoms with Gasteiger partial charge in [0.15, 0.2) is 0 Å². The van der Waals surface area contributed by atoms with Gasteiger partial charge in [0.2, 0.25) is 0 Å². The molecule has 1 saturated heterocycles. The molecule has 68 valence electrons. The quantitative estimate of drug-likeness (QED) is 0.639. The molecule has 0 radical (unpaired) electrons. The highest BCUT2D eigenvalue weighted by Crippen LogP contribution is 2.13. The third-order valence-electron chi connectivity index (χ3n) is 2.09. The molecule has 2 N–H and O–H groups in total. The SMILES string of the molecule is C/C(N)=C/C=C1\CCCN(C)C1. The molecule has 1 aliphatic heterocycles. The Kier molecular flexibility index (Phi) is 3.35. The minimum Gasteiger partial charge on any atom is -0.402 e. The molecule has 2 nitrogen and oxygen atoms in total. The minimum atomic E-state index is 0.885. The van der Waals surface area contributed by atoms with E-state index in [9.17, 15) is 0 Å². The van der Waals surface area contributed by atoms with Gasteiger partial charge >= 0.3 is 0 Å². The molecular weight excluding hydrogens is 148 g/mol. The van der Waals surface area contributed by atoms with E-state index in [1.807, 2.05) is 13.0 Å². The fourth-order valence-corrected chi connectivity index (χ4v) is 1.47. The number of hydrogen-bond donors (Lipinski definition) is 1. The Hall–Kier alpha value is -0.760. The van der Waals surface area contributed by atoms with Crippen LogP contribution < -0.4 is 5.73 Å². The Labute approximate surface area is 74.7 Å². The molecule has 0 aromatic carbocycles. The smallest absolute Gasteiger partial charge is 0.0192 e. The van der Waals surface area contributed by atoms with Gasteiger partial charge in [-0.1, -0.05) is 11.6 Å². The van der Waals surface area contributed by atoms with Crippen LogP contribution in [0.25, 0.3) is 0 Å². The van der Waals surface area contributed by atoms with Crippen LogP contribution in [0.2, 0.25) is 0 Å². The average molecular weight is 166 g/mol. The van der Waals surface area contributed by atoms with Crippen molar-refractivity contribution < 1.29 is 0 Å². The van der Waals surface area contributed by atoms with Crippen LogP contribution in [0.5, 0.6) is 0 Å². The fourth-order valence-electron chi connectivity index (χ4n) is 1.47. The molecule has 1 heterocycles. The van der Waals surface area contributed by atoms with Gasteiger partial charge in [0.25, 0.3) is 0 Å². The van der Waals surface area contributed by atoms with Crippen LogP contribution in [0.4, 0.5) is 0 Å². The van der Waals surface area contributed by atoms with Crippen LogP contribution in [-0.4, -0.2) is 25.0 Å². The maximum Gasteiger partial charge on any atom is 0.0192 e. The molecule has 2 heteroatoms. The summed E-state index contributed by atoms with van der Waals surface area (Å²) in [5, 5.41) is 0. The summed E-state index contributed by atoms with van der Waals surface area (Å²) in [6.07, 6.45) is 6.66. The van der Waals surface area contributed by atoms with Crippen molar-refractivity contribution in [1.29, 1.82) is 0 Å². The van der Waals surface area contributed by atoms with Crippen molar-refractivity contribution in [1.82, 2.24) is 4.90 Å². The lowest BCUT2D eigenvalue weighted by Gasteiger charge is -2.24. The second-order valence-electron chi connectivity index (χ2n) is 3.58. The highest BCUT2D eigenvalue weighted by molar-refractivity contribution is 5.17. The maximum absolute atomic E-state index is 5.55. The molecule has 0 aromatic rings. The molecule has 0 bridgehead atoms. The number of likely N-dealkylation sites (N-methyl/N-ethyl adjacent to an activating group) is 1. The Morgan fingerprint density at radius 1 is 1.58 bits per heavy atom. The average Bonchev–Trinajstić information content (AvgIpc) is 2.01. The third-order valence-corrected chi connectivity index (χ3v) is 2.09. The second kappa shape index (κ2) is 4.31. The summed E-state index contributed by atoms with van der Waals surface area (Å²) in [4.78, 5) is 2.34. The first kappa shape index (κ1) is 9.33. The van der Waals surface area contributed by atoms with Crippen LogP contribution in [-0.2, 0) is 0 Å². The van der Waals surface area contributed by atoms with Gasteiger partial charge < -0.3 is 10.6 Å². The van der Waals surface area contributed by atoms with Crippen LogP contribution >= 0.6 is 0 Å². The molecule has 0 spiro atoms. The zero-order valence-corrected chi connectivity index (χ0v) is 8.01. The fraction of sp³-hybridized carbons (Fsp3) is 0.600. The minimum absolute atomic E-state index is 0.885. The molecule has 0 aliphatic carbocycles. The predicted octanol–water partition coefficient (Wildman–Crippen LogP) is 1.50. The Bertz CT molecular complexity index is 200. The largest absolute Gasteiger partial charge is 0.402 e. The number of allylic oxidation sites excluding steroid dienone is 3. The van der Waals surface area contributed by atoms with Gasteiger partial charge in [-0.3, -0.25) is 0 Å². The Morgan fingerprint density at radius 3 is 2.92 bits per heavy atom. The summed E-state index contributed by atoms with van der Waals surface area (Å²) in [6, 6.07) is 0. The molecule has 0 saturated carbocycles. The third kappa shape index (κ3) is 3.09. The van der Waals surface area contributed by atoms with E-state index in [0.717, 1.165) is 12.2 Å². The number of rotatable bonds is 1. The van der Waals surface area contributed by atoms with Crippen molar-refractivity contribution in [3.63, 3.8) is 0 Å². The van der Waals surface area contributed by atoms with E-state index in [-0.39, 0.29) is 0 Å². The van der Waals surface area contributed by atoms with E-state index >= 15 is 0 Å². The molecule has 0 atom stereocenters. The van der Waals surface area contributed by atoms with E-state index in [1.54, 1.807) is 0 Å². The van der Waals surface area contributed by atoms with E-state index in [0.29, 0.717) is 0 Å². The second-order valence-corrected chi connectivity index (χ2v) is 3.58. The van der Waals surface area contributed by atoms with E-state index < -0.39 is 0 Å². The summed E-state index contributed by atoms with van der Waals surface area (Å²) in [7, 11) is 2.16.